The molecule has 0 heterocycles. The molecule has 4 aliphatic carbocycles. The molecule has 0 spiro atoms. The average molecular weight is 218 g/mol. The molecule has 0 amide bonds. The maximum absolute atomic E-state index is 11.1. The molecule has 80 valence electrons. The van der Waals surface area contributed by atoms with Gasteiger partial charge in [-0.3, -0.25) is 4.79 Å². The zero-order valence-corrected chi connectivity index (χ0v) is 11.8. The van der Waals surface area contributed by atoms with Crippen LogP contribution in [-0.4, -0.2) is 11.6 Å². The molecule has 0 unspecified atom stereocenters. The zero-order valence-electron chi connectivity index (χ0n) is 10.8. The first kappa shape index (κ1) is 11.9. The van der Waals surface area contributed by atoms with Crippen molar-refractivity contribution < 1.29 is 40.5 Å². The van der Waals surface area contributed by atoms with Crippen LogP contribution in [0.3, 0.4) is 0 Å². The van der Waals surface area contributed by atoms with Gasteiger partial charge in [0.05, 0.1) is 0 Å². The van der Waals surface area contributed by atoms with Crippen molar-refractivity contribution in [3.05, 3.63) is 0 Å². The molecule has 4 rings (SSSR count). The molecule has 4 aliphatic rings. The quantitative estimate of drug-likeness (QED) is 0.443. The molecule has 2 nitrogen and oxygen atoms in total. The second-order valence-electron chi connectivity index (χ2n) is 5.69. The monoisotopic (exact) mass is 218 g/mol. The third-order valence-corrected chi connectivity index (χ3v) is 4.34. The fourth-order valence-corrected chi connectivity index (χ4v) is 4.46. The van der Waals surface area contributed by atoms with Gasteiger partial charge in [0, 0.05) is 6.92 Å². The fraction of sp³-hybridized carbons (Fsp3) is 0.917. The summed E-state index contributed by atoms with van der Waals surface area (Å²) in [6, 6.07) is 0. The van der Waals surface area contributed by atoms with E-state index in [1.807, 2.05) is 0 Å². The Balaban J connectivity index is 0.000000640. The van der Waals surface area contributed by atoms with Gasteiger partial charge in [-0.25, -0.2) is 0 Å². The van der Waals surface area contributed by atoms with Gasteiger partial charge in [-0.05, 0) is 56.3 Å². The van der Waals surface area contributed by atoms with Gasteiger partial charge < -0.3 is 6.16 Å². The molecule has 4 fully saturated rings. The van der Waals surface area contributed by atoms with Crippen LogP contribution in [0.15, 0.2) is 0 Å². The van der Waals surface area contributed by atoms with E-state index in [4.69, 9.17) is 4.74 Å². The van der Waals surface area contributed by atoms with Crippen LogP contribution in [0, 0.1) is 17.8 Å². The van der Waals surface area contributed by atoms with Crippen LogP contribution in [-0.2, 0) is 9.53 Å². The molecule has 0 atom stereocenters. The van der Waals surface area contributed by atoms with Gasteiger partial charge in [-0.2, -0.15) is 0 Å². The Morgan fingerprint density at radius 2 is 1.53 bits per heavy atom. The van der Waals surface area contributed by atoms with Crippen molar-refractivity contribution in [1.82, 2.24) is 0 Å². The molecule has 0 N–H and O–H groups in total. The number of carbonyl (C=O) groups excluding carboxylic acids is 1. The summed E-state index contributed by atoms with van der Waals surface area (Å²) in [6.45, 7) is 1.55. The van der Waals surface area contributed by atoms with Crippen molar-refractivity contribution in [1.29, 1.82) is 0 Å². The molecule has 3 heteroatoms. The Morgan fingerprint density at radius 3 is 1.87 bits per heavy atom. The predicted molar refractivity (Wildman–Crippen MR) is 53.8 cm³/mol. The smallest absolute Gasteiger partial charge is 1.00 e. The van der Waals surface area contributed by atoms with E-state index in [-0.39, 0.29) is 42.6 Å². The van der Waals surface area contributed by atoms with Crippen molar-refractivity contribution in [3.63, 3.8) is 0 Å². The minimum absolute atomic E-state index is 0. The Bertz CT molecular complexity index is 245. The summed E-state index contributed by atoms with van der Waals surface area (Å²) < 4.78 is 5.61. The van der Waals surface area contributed by atoms with Gasteiger partial charge in [0.1, 0.15) is 5.60 Å². The minimum atomic E-state index is -0.0769. The summed E-state index contributed by atoms with van der Waals surface area (Å²) in [7, 11) is 0. The number of carbonyl (C=O) groups is 1. The van der Waals surface area contributed by atoms with E-state index in [0.29, 0.717) is 0 Å². The van der Waals surface area contributed by atoms with Crippen LogP contribution in [0.25, 0.3) is 0 Å². The summed E-state index contributed by atoms with van der Waals surface area (Å²) in [5, 5.41) is 0. The van der Waals surface area contributed by atoms with Crippen LogP contribution in [0.1, 0.15) is 46.9 Å². The first-order valence-corrected chi connectivity index (χ1v) is 5.85. The molecule has 0 aliphatic heterocycles. The summed E-state index contributed by atoms with van der Waals surface area (Å²) >= 11 is 0. The Kier molecular flexibility index (Phi) is 3.22. The first-order chi connectivity index (χ1) is 6.65. The van der Waals surface area contributed by atoms with E-state index in [2.05, 4.69) is 0 Å². The van der Waals surface area contributed by atoms with Crippen LogP contribution >= 0.6 is 0 Å². The Morgan fingerprint density at radius 1 is 1.13 bits per heavy atom. The molecule has 0 aromatic heterocycles. The van der Waals surface area contributed by atoms with E-state index in [0.717, 1.165) is 37.0 Å². The van der Waals surface area contributed by atoms with E-state index >= 15 is 0 Å². The van der Waals surface area contributed by atoms with E-state index < -0.39 is 0 Å². The molecule has 15 heavy (non-hydrogen) atoms. The Labute approximate surface area is 115 Å². The van der Waals surface area contributed by atoms with Crippen LogP contribution in [0.4, 0.5) is 0 Å². The number of hydrogen-bond donors (Lipinski definition) is 0. The van der Waals surface area contributed by atoms with E-state index in [1.165, 1.54) is 19.3 Å². The van der Waals surface area contributed by atoms with Gasteiger partial charge in [-0.15, -0.1) is 0 Å². The van der Waals surface area contributed by atoms with Crippen molar-refractivity contribution in [3.8, 4) is 0 Å². The summed E-state index contributed by atoms with van der Waals surface area (Å²) in [5.41, 5.74) is -0.0272. The number of hydrogen-bond acceptors (Lipinski definition) is 2. The van der Waals surface area contributed by atoms with Crippen LogP contribution in [0.5, 0.6) is 0 Å². The van der Waals surface area contributed by atoms with Crippen molar-refractivity contribution in [2.75, 3.05) is 0 Å². The van der Waals surface area contributed by atoms with E-state index in [1.54, 1.807) is 6.92 Å². The van der Waals surface area contributed by atoms with Crippen LogP contribution < -0.4 is 29.6 Å². The van der Waals surface area contributed by atoms with Crippen molar-refractivity contribution >= 4 is 5.97 Å². The molecule has 0 aromatic carbocycles. The number of esters is 1. The predicted octanol–water partition coefficient (Wildman–Crippen LogP) is -0.365. The van der Waals surface area contributed by atoms with Gasteiger partial charge in [0.25, 0.3) is 0 Å². The van der Waals surface area contributed by atoms with Gasteiger partial charge >= 0.3 is 35.5 Å². The second kappa shape index (κ2) is 4.05. The van der Waals surface area contributed by atoms with Gasteiger partial charge in [0.15, 0.2) is 0 Å². The van der Waals surface area contributed by atoms with Gasteiger partial charge in [0.2, 0.25) is 0 Å². The summed E-state index contributed by atoms with van der Waals surface area (Å²) in [6.07, 6.45) is 7.66. The van der Waals surface area contributed by atoms with Crippen molar-refractivity contribution in [2.45, 2.75) is 51.0 Å². The second-order valence-corrected chi connectivity index (χ2v) is 5.69. The minimum Gasteiger partial charge on any atom is -1.00 e. The summed E-state index contributed by atoms with van der Waals surface area (Å²) in [4.78, 5) is 11.1. The molecule has 4 bridgehead atoms. The van der Waals surface area contributed by atoms with Crippen molar-refractivity contribution in [2.24, 2.45) is 17.8 Å². The zero-order chi connectivity index (χ0) is 9.76. The molecule has 0 radical (unpaired) electrons. The average Bonchev–Trinajstić information content (AvgIpc) is 1.96. The molecular formula is C12H19NaO2. The van der Waals surface area contributed by atoms with E-state index in [9.17, 15) is 4.79 Å². The summed E-state index contributed by atoms with van der Waals surface area (Å²) in [5.74, 6) is 2.51. The maximum atomic E-state index is 11.1. The van der Waals surface area contributed by atoms with Crippen LogP contribution in [0.2, 0.25) is 0 Å². The normalized spacial score (nSPS) is 46.1. The first-order valence-electron chi connectivity index (χ1n) is 5.85. The fourth-order valence-electron chi connectivity index (χ4n) is 4.46. The topological polar surface area (TPSA) is 26.3 Å². The maximum Gasteiger partial charge on any atom is 1.00 e. The largest absolute Gasteiger partial charge is 1.00 e. The molecule has 4 saturated carbocycles. The third-order valence-electron chi connectivity index (χ3n) is 4.34. The SMILES string of the molecule is CC(=O)OC12CC3CC(CC(C3)C1)C2.[H-].[Na+]. The standard InChI is InChI=1S/C12H18O2.Na.H/c1-8(13)14-12-5-9-2-10(6-12)4-11(3-9)7-12;;/h9-11H,2-7H2,1H3;;/q;+1;-1. The third kappa shape index (κ3) is 2.13. The number of ether oxygens (including phenoxy) is 1. The Hall–Kier alpha value is 0.470. The molecule has 0 aromatic rings. The number of rotatable bonds is 1. The van der Waals surface area contributed by atoms with Gasteiger partial charge in [-0.1, -0.05) is 0 Å². The molecule has 0 saturated heterocycles. The molecular weight excluding hydrogens is 199 g/mol.